The topological polar surface area (TPSA) is 180 Å². The van der Waals surface area contributed by atoms with Crippen LogP contribution in [0.2, 0.25) is 0 Å². The number of oxime groups is 2. The zero-order valence-electron chi connectivity index (χ0n) is 23.0. The molecule has 0 radical (unpaired) electrons. The Morgan fingerprint density at radius 1 is 0.471 bits per heavy atom. The summed E-state index contributed by atoms with van der Waals surface area (Å²) >= 11 is 0. The molecule has 0 aromatic carbocycles. The van der Waals surface area contributed by atoms with E-state index in [1.165, 1.54) is 51.4 Å². The van der Waals surface area contributed by atoms with E-state index in [0.29, 0.717) is 12.8 Å². The molecule has 0 amide bonds. The maximum Gasteiger partial charge on any atom is 1.00 e. The molecule has 10 nitrogen and oxygen atoms in total. The van der Waals surface area contributed by atoms with Gasteiger partial charge in [-0.2, -0.15) is 0 Å². The van der Waals surface area contributed by atoms with Crippen LogP contribution in [0.25, 0.3) is 0 Å². The van der Waals surface area contributed by atoms with E-state index in [4.69, 9.17) is 30.0 Å². The summed E-state index contributed by atoms with van der Waals surface area (Å²) in [6.45, 7) is 0. The Morgan fingerprint density at radius 3 is 0.794 bits per heavy atom. The van der Waals surface area contributed by atoms with Crippen molar-refractivity contribution in [1.29, 1.82) is 0 Å². The third kappa shape index (κ3) is 23.6. The Bertz CT molecular complexity index is 599. The van der Waals surface area contributed by atoms with Crippen molar-refractivity contribution >= 4 is 26.1 Å². The van der Waals surface area contributed by atoms with E-state index < -0.39 is 26.1 Å². The van der Waals surface area contributed by atoms with Gasteiger partial charge in [0.1, 0.15) is 0 Å². The van der Waals surface area contributed by atoms with Gasteiger partial charge in [0.2, 0.25) is 0 Å². The van der Waals surface area contributed by atoms with Gasteiger partial charge in [-0.05, 0) is 12.8 Å². The van der Waals surface area contributed by atoms with Crippen molar-refractivity contribution in [3.8, 4) is 0 Å². The molecule has 0 aliphatic rings. The summed E-state index contributed by atoms with van der Waals surface area (Å²) in [5, 5.41) is 22.6. The van der Waals surface area contributed by atoms with Gasteiger partial charge in [0.05, 0.1) is 0 Å². The van der Waals surface area contributed by atoms with Crippen molar-refractivity contribution in [2.24, 2.45) is 10.3 Å². The van der Waals surface area contributed by atoms with Crippen LogP contribution in [0.3, 0.4) is 0 Å². The fourth-order valence-corrected chi connectivity index (χ4v) is 4.68. The smallest absolute Gasteiger partial charge is 1.00 e. The minimum absolute atomic E-state index is 0. The standard InChI is InChI=1S/C20H42N2O8P2.2Na.2H/c23-21-19(31(25,26)27)17-15-13-11-9-7-5-3-1-2-4-6-8-10-12-14-16-18-20(22-24)32(28,29)30;;;;/h23-24H,1-18H2,(H2,25,26,27)(H2,28,29,30);;;;/q;2*+1;2*-1/b21-19-,22-20-;;;;. The average molecular weight is 549 g/mol. The Morgan fingerprint density at radius 2 is 0.647 bits per heavy atom. The predicted molar refractivity (Wildman–Crippen MR) is 128 cm³/mol. The van der Waals surface area contributed by atoms with E-state index in [-0.39, 0.29) is 74.8 Å². The summed E-state index contributed by atoms with van der Waals surface area (Å²) in [7, 11) is -8.82. The van der Waals surface area contributed by atoms with E-state index in [1.807, 2.05) is 0 Å². The zero-order chi connectivity index (χ0) is 24.3. The maximum absolute atomic E-state index is 11.0. The van der Waals surface area contributed by atoms with Gasteiger partial charge in [-0.1, -0.05) is 100 Å². The quantitative estimate of drug-likeness (QED) is 0.0293. The molecule has 0 saturated heterocycles. The van der Waals surface area contributed by atoms with Crippen molar-refractivity contribution in [3.63, 3.8) is 0 Å². The number of unbranched alkanes of at least 4 members (excludes halogenated alkanes) is 15. The van der Waals surface area contributed by atoms with Gasteiger partial charge in [0.15, 0.2) is 10.9 Å². The van der Waals surface area contributed by atoms with Gasteiger partial charge in [-0.15, -0.1) is 0 Å². The minimum Gasteiger partial charge on any atom is -1.00 e. The van der Waals surface area contributed by atoms with Gasteiger partial charge in [-0.25, -0.2) is 0 Å². The van der Waals surface area contributed by atoms with E-state index in [9.17, 15) is 9.13 Å². The van der Waals surface area contributed by atoms with Crippen LogP contribution in [0.5, 0.6) is 0 Å². The molecule has 0 aliphatic carbocycles. The van der Waals surface area contributed by atoms with E-state index >= 15 is 0 Å². The van der Waals surface area contributed by atoms with Gasteiger partial charge in [0, 0.05) is 12.8 Å². The third-order valence-electron chi connectivity index (χ3n) is 5.45. The molecule has 0 heterocycles. The summed E-state index contributed by atoms with van der Waals surface area (Å²) in [5.41, 5.74) is -0.857. The van der Waals surface area contributed by atoms with Crippen molar-refractivity contribution in [2.45, 2.75) is 116 Å². The molecule has 0 bridgehead atoms. The molecule has 0 aliphatic heterocycles. The number of hydrogen-bond donors (Lipinski definition) is 6. The van der Waals surface area contributed by atoms with Crippen LogP contribution in [0.4, 0.5) is 0 Å². The van der Waals surface area contributed by atoms with Gasteiger partial charge in [-0.3, -0.25) is 9.13 Å². The number of hydrogen-bond acceptors (Lipinski definition) is 6. The van der Waals surface area contributed by atoms with E-state index in [2.05, 4.69) is 10.3 Å². The molecule has 0 rings (SSSR count). The molecular formula is C20H44N2Na2O8P2. The second-order valence-electron chi connectivity index (χ2n) is 8.28. The predicted octanol–water partition coefficient (Wildman–Crippen LogP) is 0.172. The summed E-state index contributed by atoms with van der Waals surface area (Å²) in [6, 6.07) is 0. The van der Waals surface area contributed by atoms with Crippen LogP contribution >= 0.6 is 15.2 Å². The molecule has 194 valence electrons. The number of nitrogens with zero attached hydrogens (tertiary/aromatic N) is 2. The first-order chi connectivity index (χ1) is 15.1. The molecular weight excluding hydrogens is 504 g/mol. The summed E-state index contributed by atoms with van der Waals surface area (Å²) in [4.78, 5) is 35.8. The first kappa shape index (κ1) is 39.7. The molecule has 0 atom stereocenters. The molecule has 0 spiro atoms. The van der Waals surface area contributed by atoms with Crippen LogP contribution < -0.4 is 59.1 Å². The van der Waals surface area contributed by atoms with E-state index in [0.717, 1.165) is 38.5 Å². The Kier molecular flexibility index (Phi) is 28.7. The summed E-state index contributed by atoms with van der Waals surface area (Å²) in [6.07, 6.45) is 17.2. The van der Waals surface area contributed by atoms with Crippen LogP contribution in [-0.4, -0.2) is 40.9 Å². The molecule has 14 heteroatoms. The van der Waals surface area contributed by atoms with Crippen molar-refractivity contribution in [1.82, 2.24) is 0 Å². The Balaban J connectivity index is -0.000000801. The Labute approximate surface area is 251 Å². The fraction of sp³-hybridized carbons (Fsp3) is 0.900. The SMILES string of the molecule is O=P(O)(O)/C(CCCCCCCCCCCCCCCCCC/C(=N/O)P(=O)(O)O)=N\O.[H-].[H-].[Na+].[Na+]. The van der Waals surface area contributed by atoms with Crippen molar-refractivity contribution in [2.75, 3.05) is 0 Å². The van der Waals surface area contributed by atoms with Crippen molar-refractivity contribution < 1.29 is 101 Å². The number of rotatable bonds is 21. The normalized spacial score (nSPS) is 12.8. The second-order valence-corrected chi connectivity index (χ2v) is 11.5. The van der Waals surface area contributed by atoms with E-state index in [1.54, 1.807) is 0 Å². The van der Waals surface area contributed by atoms with Crippen LogP contribution in [0.1, 0.15) is 118 Å². The molecule has 34 heavy (non-hydrogen) atoms. The third-order valence-corrected chi connectivity index (χ3v) is 7.43. The molecule has 0 aromatic heterocycles. The van der Waals surface area contributed by atoms with Crippen LogP contribution in [-0.2, 0) is 9.13 Å². The molecule has 0 fully saturated rings. The summed E-state index contributed by atoms with van der Waals surface area (Å²) < 4.78 is 22.0. The average Bonchev–Trinajstić information content (AvgIpc) is 2.70. The monoisotopic (exact) mass is 548 g/mol. The van der Waals surface area contributed by atoms with Crippen LogP contribution in [0.15, 0.2) is 10.3 Å². The Hall–Kier alpha value is 1.24. The van der Waals surface area contributed by atoms with Crippen molar-refractivity contribution in [3.05, 3.63) is 0 Å². The first-order valence-corrected chi connectivity index (χ1v) is 14.9. The molecule has 0 saturated carbocycles. The molecule has 0 aromatic rings. The second kappa shape index (κ2) is 24.6. The zero-order valence-corrected chi connectivity index (χ0v) is 26.8. The van der Waals surface area contributed by atoms with Gasteiger partial charge in [0.25, 0.3) is 0 Å². The van der Waals surface area contributed by atoms with Gasteiger partial charge < -0.3 is 32.8 Å². The minimum atomic E-state index is -4.41. The largest absolute Gasteiger partial charge is 1.00 e. The summed E-state index contributed by atoms with van der Waals surface area (Å²) in [5.74, 6) is 0. The van der Waals surface area contributed by atoms with Gasteiger partial charge >= 0.3 is 74.3 Å². The first-order valence-electron chi connectivity index (χ1n) is 11.7. The fourth-order valence-electron chi connectivity index (χ4n) is 3.55. The maximum atomic E-state index is 11.0. The molecule has 0 unspecified atom stereocenters. The van der Waals surface area contributed by atoms with Crippen LogP contribution in [0, 0.1) is 0 Å². The molecule has 6 N–H and O–H groups in total.